The zero-order chi connectivity index (χ0) is 15.6. The van der Waals surface area contributed by atoms with Gasteiger partial charge in [0, 0.05) is 13.5 Å². The summed E-state index contributed by atoms with van der Waals surface area (Å²) in [6, 6.07) is 1.37. The van der Waals surface area contributed by atoms with E-state index in [2.05, 4.69) is 5.32 Å². The van der Waals surface area contributed by atoms with E-state index in [1.807, 2.05) is 0 Å². The molecule has 2 nitrogen and oxygen atoms in total. The molecule has 1 aromatic carbocycles. The molecule has 0 unspecified atom stereocenters. The number of benzene rings is 1. The van der Waals surface area contributed by atoms with Crippen molar-refractivity contribution >= 4 is 5.91 Å². The van der Waals surface area contributed by atoms with Crippen LogP contribution >= 0.6 is 0 Å². The van der Waals surface area contributed by atoms with Gasteiger partial charge in [0.15, 0.2) is 0 Å². The van der Waals surface area contributed by atoms with E-state index >= 15 is 0 Å². The largest absolute Gasteiger partial charge is 0.416 e. The number of rotatable bonds is 3. The van der Waals surface area contributed by atoms with Crippen LogP contribution in [0.3, 0.4) is 0 Å². The Balaban J connectivity index is 3.08. The second kappa shape index (κ2) is 5.72. The van der Waals surface area contributed by atoms with Crippen LogP contribution in [0.5, 0.6) is 0 Å². The Hall–Kier alpha value is -1.73. The van der Waals surface area contributed by atoms with Gasteiger partial charge in [-0.3, -0.25) is 4.79 Å². The number of hydrogen-bond donors (Lipinski definition) is 1. The topological polar surface area (TPSA) is 29.1 Å². The highest BCUT2D eigenvalue weighted by Crippen LogP contribution is 2.36. The predicted molar refractivity (Wildman–Crippen MR) is 58.8 cm³/mol. The Kier molecular flexibility index (Phi) is 4.67. The summed E-state index contributed by atoms with van der Waals surface area (Å²) in [7, 11) is 0. The first-order valence-corrected chi connectivity index (χ1v) is 5.53. The molecule has 0 spiro atoms. The van der Waals surface area contributed by atoms with Crippen LogP contribution in [-0.4, -0.2) is 12.5 Å². The quantitative estimate of drug-likeness (QED) is 0.852. The highest BCUT2D eigenvalue weighted by molar-refractivity contribution is 5.72. The minimum absolute atomic E-state index is 0.0338. The molecule has 0 fully saturated rings. The van der Waals surface area contributed by atoms with Gasteiger partial charge in [-0.05, 0) is 30.2 Å². The Morgan fingerprint density at radius 3 is 1.80 bits per heavy atom. The van der Waals surface area contributed by atoms with Crippen LogP contribution in [0, 0.1) is 0 Å². The SMILES string of the molecule is CC(=O)NCCc1cc(C(F)(F)F)cc(C(F)(F)F)c1. The predicted octanol–water partition coefficient (Wildman–Crippen LogP) is 3.40. The van der Waals surface area contributed by atoms with Crippen molar-refractivity contribution in [2.45, 2.75) is 25.7 Å². The molecule has 0 saturated carbocycles. The maximum atomic E-state index is 12.5. The summed E-state index contributed by atoms with van der Waals surface area (Å²) in [4.78, 5) is 10.6. The normalized spacial score (nSPS) is 12.3. The van der Waals surface area contributed by atoms with E-state index in [-0.39, 0.29) is 24.6 Å². The Morgan fingerprint density at radius 2 is 1.45 bits per heavy atom. The minimum atomic E-state index is -4.86. The van der Waals surface area contributed by atoms with Gasteiger partial charge in [-0.1, -0.05) is 0 Å². The van der Waals surface area contributed by atoms with Crippen molar-refractivity contribution in [1.29, 1.82) is 0 Å². The Labute approximate surface area is 110 Å². The van der Waals surface area contributed by atoms with Crippen molar-refractivity contribution in [3.05, 3.63) is 34.9 Å². The lowest BCUT2D eigenvalue weighted by atomic mass is 10.0. The van der Waals surface area contributed by atoms with Gasteiger partial charge in [-0.2, -0.15) is 26.3 Å². The second-order valence-electron chi connectivity index (χ2n) is 4.15. The van der Waals surface area contributed by atoms with E-state index in [9.17, 15) is 31.1 Å². The summed E-state index contributed by atoms with van der Waals surface area (Å²) in [6.45, 7) is 1.17. The highest BCUT2D eigenvalue weighted by atomic mass is 19.4. The highest BCUT2D eigenvalue weighted by Gasteiger charge is 2.36. The van der Waals surface area contributed by atoms with Gasteiger partial charge < -0.3 is 5.32 Å². The maximum absolute atomic E-state index is 12.5. The number of halogens is 6. The zero-order valence-corrected chi connectivity index (χ0v) is 10.3. The van der Waals surface area contributed by atoms with Gasteiger partial charge in [0.25, 0.3) is 0 Å². The van der Waals surface area contributed by atoms with Gasteiger partial charge in [-0.25, -0.2) is 0 Å². The molecule has 0 heterocycles. The minimum Gasteiger partial charge on any atom is -0.356 e. The van der Waals surface area contributed by atoms with Crippen LogP contribution in [0.1, 0.15) is 23.6 Å². The molecule has 0 saturated heterocycles. The van der Waals surface area contributed by atoms with Crippen molar-refractivity contribution in [2.24, 2.45) is 0 Å². The average molecular weight is 299 g/mol. The van der Waals surface area contributed by atoms with E-state index in [0.29, 0.717) is 12.1 Å². The standard InChI is InChI=1S/C12H11F6NO/c1-7(20)19-3-2-8-4-9(11(13,14)15)6-10(5-8)12(16,17)18/h4-6H,2-3H2,1H3,(H,19,20). The van der Waals surface area contributed by atoms with Crippen LogP contribution in [0.2, 0.25) is 0 Å². The first-order chi connectivity index (χ1) is 9.00. The van der Waals surface area contributed by atoms with Crippen LogP contribution in [-0.2, 0) is 23.6 Å². The fraction of sp³-hybridized carbons (Fsp3) is 0.417. The smallest absolute Gasteiger partial charge is 0.356 e. The Morgan fingerprint density at radius 1 is 1.00 bits per heavy atom. The molecule has 1 amide bonds. The molecule has 20 heavy (non-hydrogen) atoms. The third-order valence-corrected chi connectivity index (χ3v) is 2.44. The van der Waals surface area contributed by atoms with E-state index in [1.54, 1.807) is 0 Å². The van der Waals surface area contributed by atoms with Crippen molar-refractivity contribution in [1.82, 2.24) is 5.32 Å². The summed E-state index contributed by atoms with van der Waals surface area (Å²) in [5, 5.41) is 2.31. The fourth-order valence-electron chi connectivity index (χ4n) is 1.55. The first kappa shape index (κ1) is 16.3. The molecule has 0 atom stereocenters. The molecule has 0 aliphatic carbocycles. The molecule has 0 bridgehead atoms. The summed E-state index contributed by atoms with van der Waals surface area (Å²) >= 11 is 0. The van der Waals surface area contributed by atoms with Crippen molar-refractivity contribution in [3.63, 3.8) is 0 Å². The molecule has 0 radical (unpaired) electrons. The molecular weight excluding hydrogens is 288 g/mol. The lowest BCUT2D eigenvalue weighted by Gasteiger charge is -2.14. The molecule has 0 aliphatic heterocycles. The monoisotopic (exact) mass is 299 g/mol. The molecule has 1 rings (SSSR count). The third kappa shape index (κ3) is 4.75. The summed E-state index contributed by atoms with van der Waals surface area (Å²) < 4.78 is 75.3. The van der Waals surface area contributed by atoms with Crippen LogP contribution in [0.25, 0.3) is 0 Å². The molecule has 0 aromatic heterocycles. The molecule has 112 valence electrons. The second-order valence-corrected chi connectivity index (χ2v) is 4.15. The summed E-state index contributed by atoms with van der Waals surface area (Å²) in [6.07, 6.45) is -9.83. The van der Waals surface area contributed by atoms with E-state index in [1.165, 1.54) is 6.92 Å². The van der Waals surface area contributed by atoms with E-state index in [4.69, 9.17) is 0 Å². The average Bonchev–Trinajstić information content (AvgIpc) is 2.25. The van der Waals surface area contributed by atoms with Crippen molar-refractivity contribution in [3.8, 4) is 0 Å². The van der Waals surface area contributed by atoms with Crippen molar-refractivity contribution < 1.29 is 31.1 Å². The van der Waals surface area contributed by atoms with Crippen LogP contribution in [0.15, 0.2) is 18.2 Å². The van der Waals surface area contributed by atoms with E-state index in [0.717, 1.165) is 0 Å². The van der Waals surface area contributed by atoms with Gasteiger partial charge in [0.1, 0.15) is 0 Å². The van der Waals surface area contributed by atoms with E-state index < -0.39 is 29.4 Å². The molecule has 8 heteroatoms. The number of amides is 1. The van der Waals surface area contributed by atoms with Gasteiger partial charge in [0.05, 0.1) is 11.1 Å². The van der Waals surface area contributed by atoms with Crippen LogP contribution < -0.4 is 5.32 Å². The first-order valence-electron chi connectivity index (χ1n) is 5.53. The fourth-order valence-corrected chi connectivity index (χ4v) is 1.55. The molecule has 1 aromatic rings. The molecule has 1 N–H and O–H groups in total. The number of hydrogen-bond acceptors (Lipinski definition) is 1. The Bertz CT molecular complexity index is 459. The molecular formula is C12H11F6NO. The lowest BCUT2D eigenvalue weighted by Crippen LogP contribution is -2.22. The van der Waals surface area contributed by atoms with Gasteiger partial charge in [-0.15, -0.1) is 0 Å². The maximum Gasteiger partial charge on any atom is 0.416 e. The zero-order valence-electron chi connectivity index (χ0n) is 10.3. The summed E-state index contributed by atoms with van der Waals surface area (Å²) in [5.74, 6) is -0.409. The number of carbonyl (C=O) groups is 1. The number of carbonyl (C=O) groups excluding carboxylic acids is 1. The van der Waals surface area contributed by atoms with Crippen LogP contribution in [0.4, 0.5) is 26.3 Å². The van der Waals surface area contributed by atoms with Crippen molar-refractivity contribution in [2.75, 3.05) is 6.54 Å². The van der Waals surface area contributed by atoms with Gasteiger partial charge in [0.2, 0.25) is 5.91 Å². The van der Waals surface area contributed by atoms with Gasteiger partial charge >= 0.3 is 12.4 Å². The molecule has 0 aliphatic rings. The summed E-state index contributed by atoms with van der Waals surface area (Å²) in [5.41, 5.74) is -2.85. The third-order valence-electron chi connectivity index (χ3n) is 2.44. The number of alkyl halides is 6. The number of nitrogens with one attached hydrogen (secondary N) is 1. The lowest BCUT2D eigenvalue weighted by molar-refractivity contribution is -0.143.